The van der Waals surface area contributed by atoms with Crippen LogP contribution < -0.4 is 0 Å². The normalized spacial score (nSPS) is 10.9. The van der Waals surface area contributed by atoms with Crippen molar-refractivity contribution in [3.05, 3.63) is 11.6 Å². The zero-order chi connectivity index (χ0) is 12.6. The summed E-state index contributed by atoms with van der Waals surface area (Å²) >= 11 is 0. The molecular formula is C10H14O6. The molecule has 0 saturated heterocycles. The predicted molar refractivity (Wildman–Crippen MR) is 53.8 cm³/mol. The topological polar surface area (TPSA) is 101 Å². The molecular weight excluding hydrogens is 216 g/mol. The van der Waals surface area contributed by atoms with Gasteiger partial charge in [-0.15, -0.1) is 0 Å². The first-order chi connectivity index (χ1) is 7.43. The molecule has 16 heavy (non-hydrogen) atoms. The van der Waals surface area contributed by atoms with Crippen LogP contribution in [-0.4, -0.2) is 34.7 Å². The smallest absolute Gasteiger partial charge is 0.333 e. The minimum absolute atomic E-state index is 0.0558. The summed E-state index contributed by atoms with van der Waals surface area (Å²) in [5, 5.41) is 16.7. The van der Waals surface area contributed by atoms with Gasteiger partial charge in [0.15, 0.2) is 0 Å². The lowest BCUT2D eigenvalue weighted by atomic mass is 10.2. The van der Waals surface area contributed by atoms with Crippen molar-refractivity contribution < 1.29 is 29.3 Å². The average Bonchev–Trinajstić information content (AvgIpc) is 2.16. The maximum atomic E-state index is 11.2. The van der Waals surface area contributed by atoms with Crippen molar-refractivity contribution in [1.29, 1.82) is 0 Å². The molecule has 0 rings (SSSR count). The number of carbonyl (C=O) groups is 3. The first-order valence-corrected chi connectivity index (χ1v) is 4.71. The third-order valence-corrected chi connectivity index (χ3v) is 1.68. The summed E-state index contributed by atoms with van der Waals surface area (Å²) in [6, 6.07) is 0. The van der Waals surface area contributed by atoms with Gasteiger partial charge in [0.1, 0.15) is 6.61 Å². The molecule has 0 radical (unpaired) electrons. The maximum Gasteiger partial charge on any atom is 0.333 e. The molecule has 6 nitrogen and oxygen atoms in total. The minimum Gasteiger partial charge on any atom is -0.481 e. The highest BCUT2D eigenvalue weighted by molar-refractivity contribution is 5.87. The minimum atomic E-state index is -1.04. The van der Waals surface area contributed by atoms with E-state index in [0.29, 0.717) is 0 Å². The number of esters is 1. The Balaban J connectivity index is 3.88. The first-order valence-electron chi connectivity index (χ1n) is 4.71. The van der Waals surface area contributed by atoms with E-state index in [-0.39, 0.29) is 31.4 Å². The van der Waals surface area contributed by atoms with E-state index in [4.69, 9.17) is 10.2 Å². The Kier molecular flexibility index (Phi) is 6.58. The van der Waals surface area contributed by atoms with Crippen LogP contribution in [0.2, 0.25) is 0 Å². The second kappa shape index (κ2) is 7.44. The first kappa shape index (κ1) is 14.2. The van der Waals surface area contributed by atoms with Crippen molar-refractivity contribution in [2.24, 2.45) is 0 Å². The number of allylic oxidation sites excluding steroid dienone is 1. The third-order valence-electron chi connectivity index (χ3n) is 1.68. The van der Waals surface area contributed by atoms with Crippen LogP contribution in [0.3, 0.4) is 0 Å². The van der Waals surface area contributed by atoms with E-state index in [9.17, 15) is 14.4 Å². The Morgan fingerprint density at radius 1 is 1.12 bits per heavy atom. The molecule has 0 spiro atoms. The van der Waals surface area contributed by atoms with Crippen LogP contribution in [0.1, 0.15) is 26.2 Å². The molecule has 0 heterocycles. The number of carboxylic acids is 2. The van der Waals surface area contributed by atoms with E-state index in [2.05, 4.69) is 4.74 Å². The Hall–Kier alpha value is -1.85. The molecule has 2 N–H and O–H groups in total. The quantitative estimate of drug-likeness (QED) is 0.496. The highest BCUT2D eigenvalue weighted by Gasteiger charge is 2.06. The van der Waals surface area contributed by atoms with Gasteiger partial charge < -0.3 is 14.9 Å². The number of hydrogen-bond acceptors (Lipinski definition) is 4. The molecule has 0 amide bonds. The highest BCUT2D eigenvalue weighted by atomic mass is 16.5. The lowest BCUT2D eigenvalue weighted by Crippen LogP contribution is -2.10. The van der Waals surface area contributed by atoms with Crippen LogP contribution in [-0.2, 0) is 19.1 Å². The van der Waals surface area contributed by atoms with Crippen molar-refractivity contribution >= 4 is 17.9 Å². The number of carbonyl (C=O) groups excluding carboxylic acids is 1. The van der Waals surface area contributed by atoms with Crippen LogP contribution in [0, 0.1) is 0 Å². The molecule has 0 aromatic carbocycles. The van der Waals surface area contributed by atoms with Gasteiger partial charge in [-0.2, -0.15) is 0 Å². The molecule has 0 fully saturated rings. The summed E-state index contributed by atoms with van der Waals surface area (Å²) in [6.45, 7) is 1.31. The zero-order valence-electron chi connectivity index (χ0n) is 8.93. The van der Waals surface area contributed by atoms with E-state index in [1.807, 2.05) is 0 Å². The van der Waals surface area contributed by atoms with Gasteiger partial charge in [-0.3, -0.25) is 9.59 Å². The van der Waals surface area contributed by atoms with Crippen molar-refractivity contribution in [2.75, 3.05) is 6.61 Å². The van der Waals surface area contributed by atoms with E-state index >= 15 is 0 Å². The van der Waals surface area contributed by atoms with Gasteiger partial charge in [0.2, 0.25) is 0 Å². The Bertz CT molecular complexity index is 304. The number of aliphatic carboxylic acids is 2. The number of carboxylic acid groups (broad SMARTS) is 2. The van der Waals surface area contributed by atoms with Gasteiger partial charge in [-0.05, 0) is 13.3 Å². The molecule has 0 atom stereocenters. The predicted octanol–water partition coefficient (Wildman–Crippen LogP) is 0.815. The Morgan fingerprint density at radius 2 is 1.69 bits per heavy atom. The third kappa shape index (κ3) is 7.54. The molecule has 0 aliphatic rings. The largest absolute Gasteiger partial charge is 0.481 e. The second-order valence-electron chi connectivity index (χ2n) is 3.10. The fourth-order valence-corrected chi connectivity index (χ4v) is 0.840. The van der Waals surface area contributed by atoms with Gasteiger partial charge in [-0.25, -0.2) is 4.79 Å². The second-order valence-corrected chi connectivity index (χ2v) is 3.10. The SMILES string of the molecule is CC(=CCCC(=O)O)C(=O)OCCC(=O)O. The summed E-state index contributed by atoms with van der Waals surface area (Å²) in [6.07, 6.45) is 1.40. The van der Waals surface area contributed by atoms with Crippen LogP contribution in [0.5, 0.6) is 0 Å². The zero-order valence-corrected chi connectivity index (χ0v) is 8.93. The van der Waals surface area contributed by atoms with Crippen LogP contribution in [0.25, 0.3) is 0 Å². The average molecular weight is 230 g/mol. The van der Waals surface area contributed by atoms with Gasteiger partial charge in [0.25, 0.3) is 0 Å². The summed E-state index contributed by atoms with van der Waals surface area (Å²) in [4.78, 5) is 31.5. The van der Waals surface area contributed by atoms with Gasteiger partial charge in [-0.1, -0.05) is 6.08 Å². The fraction of sp³-hybridized carbons (Fsp3) is 0.500. The van der Waals surface area contributed by atoms with Crippen molar-refractivity contribution in [1.82, 2.24) is 0 Å². The van der Waals surface area contributed by atoms with Crippen LogP contribution in [0.4, 0.5) is 0 Å². The molecule has 90 valence electrons. The maximum absolute atomic E-state index is 11.2. The van der Waals surface area contributed by atoms with E-state index in [0.717, 1.165) is 0 Å². The van der Waals surface area contributed by atoms with Crippen molar-refractivity contribution in [3.63, 3.8) is 0 Å². The standard InChI is InChI=1S/C10H14O6/c1-7(3-2-4-8(11)12)10(15)16-6-5-9(13)14/h3H,2,4-6H2,1H3,(H,11,12)(H,13,14). The molecule has 0 aliphatic carbocycles. The summed E-state index contributed by atoms with van der Waals surface area (Å²) in [5.41, 5.74) is 0.284. The van der Waals surface area contributed by atoms with Crippen LogP contribution in [0.15, 0.2) is 11.6 Å². The summed E-state index contributed by atoms with van der Waals surface area (Å²) in [5.74, 6) is -2.60. The van der Waals surface area contributed by atoms with Crippen LogP contribution >= 0.6 is 0 Å². The summed E-state index contributed by atoms with van der Waals surface area (Å²) < 4.78 is 4.64. The van der Waals surface area contributed by atoms with Gasteiger partial charge in [0, 0.05) is 12.0 Å². The van der Waals surface area contributed by atoms with E-state index in [1.165, 1.54) is 13.0 Å². The molecule has 0 aromatic rings. The molecule has 6 heteroatoms. The highest BCUT2D eigenvalue weighted by Crippen LogP contribution is 2.01. The van der Waals surface area contributed by atoms with E-state index < -0.39 is 17.9 Å². The van der Waals surface area contributed by atoms with E-state index in [1.54, 1.807) is 0 Å². The van der Waals surface area contributed by atoms with Gasteiger partial charge in [0.05, 0.1) is 6.42 Å². The fourth-order valence-electron chi connectivity index (χ4n) is 0.840. The van der Waals surface area contributed by atoms with Crippen molar-refractivity contribution in [3.8, 4) is 0 Å². The van der Waals surface area contributed by atoms with Gasteiger partial charge >= 0.3 is 17.9 Å². The Labute approximate surface area is 92.5 Å². The number of hydrogen-bond donors (Lipinski definition) is 2. The molecule has 0 bridgehead atoms. The monoisotopic (exact) mass is 230 g/mol. The number of rotatable bonds is 7. The molecule has 0 aromatic heterocycles. The Morgan fingerprint density at radius 3 is 2.19 bits per heavy atom. The molecule has 0 saturated carbocycles. The summed E-state index contributed by atoms with van der Waals surface area (Å²) in [7, 11) is 0. The molecule has 0 aliphatic heterocycles. The lowest BCUT2D eigenvalue weighted by molar-refractivity contribution is -0.143. The lowest BCUT2D eigenvalue weighted by Gasteiger charge is -2.02. The van der Waals surface area contributed by atoms with Crippen molar-refractivity contribution in [2.45, 2.75) is 26.2 Å². The molecule has 0 unspecified atom stereocenters. The number of ether oxygens (including phenoxy) is 1.